The van der Waals surface area contributed by atoms with Crippen molar-refractivity contribution in [2.75, 3.05) is 0 Å². The summed E-state index contributed by atoms with van der Waals surface area (Å²) >= 11 is 0. The van der Waals surface area contributed by atoms with Crippen LogP contribution >= 0.6 is 0 Å². The maximum Gasteiger partial charge on any atom is 0.136 e. The summed E-state index contributed by atoms with van der Waals surface area (Å²) in [7, 11) is 0. The fourth-order valence-corrected chi connectivity index (χ4v) is 8.70. The van der Waals surface area contributed by atoms with Gasteiger partial charge in [-0.25, -0.2) is 0 Å². The van der Waals surface area contributed by atoms with Crippen LogP contribution in [0.5, 0.6) is 0 Å². The molecular weight excluding hydrogens is 629 g/mol. The normalized spacial score (nSPS) is 15.5. The van der Waals surface area contributed by atoms with E-state index in [0.29, 0.717) is 22.3 Å². The quantitative estimate of drug-likeness (QED) is 0.171. The van der Waals surface area contributed by atoms with Crippen molar-refractivity contribution >= 4 is 54.3 Å². The van der Waals surface area contributed by atoms with Crippen molar-refractivity contribution in [3.05, 3.63) is 181 Å². The van der Waals surface area contributed by atoms with Crippen LogP contribution in [0.1, 0.15) is 35.9 Å². The van der Waals surface area contributed by atoms with Crippen LogP contribution in [0.4, 0.5) is 0 Å². The summed E-state index contributed by atoms with van der Waals surface area (Å²) in [4.78, 5) is 0. The minimum absolute atomic E-state index is 0.197. The van der Waals surface area contributed by atoms with E-state index in [1.54, 1.807) is 0 Å². The number of fused-ring (bicyclic) bond motifs is 10. The standard InChI is InChI=1S/C51H34O/c1-51(2)43-20-10-9-18-40(43)49-41(19-11-21-44(49)51)48-38-16-7-5-14-36(38)47(37-15-6-8-17-39(37)48)33-24-22-31(23-25-33)34-27-28-45-42(30-34)50-35-13-4-3-12-32(35)26-29-46(50)52-45/h3-30H,1-2H3/i5D,6D,7D,8D,14D,15D,16D,17D. The average Bonchev–Trinajstić information content (AvgIpc) is 3.77. The second-order valence-electron chi connectivity index (χ2n) is 14.2. The molecule has 0 bridgehead atoms. The summed E-state index contributed by atoms with van der Waals surface area (Å²) in [6.45, 7) is 4.31. The molecule has 0 amide bonds. The molecule has 11 rings (SSSR count). The number of benzene rings is 9. The Hall–Kier alpha value is -6.44. The first-order chi connectivity index (χ1) is 28.9. The highest BCUT2D eigenvalue weighted by Gasteiger charge is 2.37. The molecule has 1 aliphatic rings. The lowest BCUT2D eigenvalue weighted by atomic mass is 9.80. The van der Waals surface area contributed by atoms with Gasteiger partial charge in [0.15, 0.2) is 0 Å². The first-order valence-electron chi connectivity index (χ1n) is 21.5. The SMILES string of the molecule is [2H]c1c([2H])c([2H])c2c(-c3cccc4c3-c3ccccc3C4(C)C)c3c([2H])c([2H])c([2H])c([2H])c3c(-c3ccc(-c4ccc5oc6ccc7ccccc7c6c5c4)cc3)c2c1[2H]. The van der Waals surface area contributed by atoms with Crippen LogP contribution < -0.4 is 0 Å². The highest BCUT2D eigenvalue weighted by Crippen LogP contribution is 2.54. The largest absolute Gasteiger partial charge is 0.456 e. The molecule has 0 aliphatic heterocycles. The maximum atomic E-state index is 9.51. The highest BCUT2D eigenvalue weighted by atomic mass is 16.3. The fourth-order valence-electron chi connectivity index (χ4n) is 8.70. The van der Waals surface area contributed by atoms with Crippen molar-refractivity contribution in [2.45, 2.75) is 19.3 Å². The lowest BCUT2D eigenvalue weighted by Gasteiger charge is -2.22. The molecule has 0 saturated heterocycles. The molecule has 0 radical (unpaired) electrons. The highest BCUT2D eigenvalue weighted by molar-refractivity contribution is 6.23. The van der Waals surface area contributed by atoms with Crippen molar-refractivity contribution in [2.24, 2.45) is 0 Å². The lowest BCUT2D eigenvalue weighted by molar-refractivity contribution is 0.660. The Morgan fingerprint density at radius 3 is 1.81 bits per heavy atom. The van der Waals surface area contributed by atoms with E-state index in [1.165, 1.54) is 0 Å². The van der Waals surface area contributed by atoms with Crippen LogP contribution in [-0.4, -0.2) is 0 Å². The van der Waals surface area contributed by atoms with Gasteiger partial charge in [-0.3, -0.25) is 0 Å². The Bertz CT molecular complexity index is 3470. The van der Waals surface area contributed by atoms with Gasteiger partial charge in [-0.2, -0.15) is 0 Å². The molecule has 0 fully saturated rings. The molecule has 1 heterocycles. The molecule has 0 N–H and O–H groups in total. The van der Waals surface area contributed by atoms with Crippen LogP contribution in [0.3, 0.4) is 0 Å². The number of furan rings is 1. The van der Waals surface area contributed by atoms with Crippen molar-refractivity contribution < 1.29 is 15.4 Å². The van der Waals surface area contributed by atoms with Crippen molar-refractivity contribution in [3.63, 3.8) is 0 Å². The molecule has 52 heavy (non-hydrogen) atoms. The molecule has 0 spiro atoms. The van der Waals surface area contributed by atoms with Gasteiger partial charge in [-0.15, -0.1) is 0 Å². The van der Waals surface area contributed by atoms with Gasteiger partial charge in [0, 0.05) is 16.2 Å². The number of hydrogen-bond donors (Lipinski definition) is 0. The third kappa shape index (κ3) is 4.05. The Labute approximate surface area is 313 Å². The summed E-state index contributed by atoms with van der Waals surface area (Å²) in [5.41, 5.74) is 8.91. The summed E-state index contributed by atoms with van der Waals surface area (Å²) in [6.07, 6.45) is 0. The summed E-state index contributed by atoms with van der Waals surface area (Å²) < 4.78 is 79.9. The first-order valence-corrected chi connectivity index (χ1v) is 17.5. The van der Waals surface area contributed by atoms with Gasteiger partial charge in [0.25, 0.3) is 0 Å². The summed E-state index contributed by atoms with van der Waals surface area (Å²) in [6, 6.07) is 37.3. The van der Waals surface area contributed by atoms with E-state index in [2.05, 4.69) is 50.2 Å². The minimum Gasteiger partial charge on any atom is -0.456 e. The lowest BCUT2D eigenvalue weighted by Crippen LogP contribution is -2.14. The zero-order valence-electron chi connectivity index (χ0n) is 36.5. The van der Waals surface area contributed by atoms with Gasteiger partial charge in [0.1, 0.15) is 11.2 Å². The molecule has 9 aromatic carbocycles. The van der Waals surface area contributed by atoms with Gasteiger partial charge in [0.2, 0.25) is 0 Å². The monoisotopic (exact) mass is 670 g/mol. The predicted octanol–water partition coefficient (Wildman–Crippen LogP) is 14.4. The Morgan fingerprint density at radius 1 is 0.442 bits per heavy atom. The van der Waals surface area contributed by atoms with Crippen LogP contribution in [0, 0.1) is 0 Å². The van der Waals surface area contributed by atoms with Crippen LogP contribution in [0.25, 0.3) is 98.8 Å². The van der Waals surface area contributed by atoms with Gasteiger partial charge < -0.3 is 4.42 Å². The van der Waals surface area contributed by atoms with Crippen LogP contribution in [-0.2, 0) is 5.41 Å². The van der Waals surface area contributed by atoms with Crippen LogP contribution in [0.2, 0.25) is 0 Å². The van der Waals surface area contributed by atoms with Crippen molar-refractivity contribution in [3.8, 4) is 44.5 Å². The molecule has 0 atom stereocenters. The second-order valence-corrected chi connectivity index (χ2v) is 14.2. The van der Waals surface area contributed by atoms with E-state index in [-0.39, 0.29) is 45.7 Å². The maximum absolute atomic E-state index is 9.51. The van der Waals surface area contributed by atoms with Crippen LogP contribution in [0.15, 0.2) is 174 Å². The van der Waals surface area contributed by atoms with Crippen molar-refractivity contribution in [1.29, 1.82) is 0 Å². The molecule has 1 nitrogen and oxygen atoms in total. The first kappa shape index (κ1) is 22.4. The second kappa shape index (κ2) is 10.8. The topological polar surface area (TPSA) is 13.1 Å². The molecule has 1 aromatic heterocycles. The molecule has 0 saturated carbocycles. The van der Waals surface area contributed by atoms with E-state index in [9.17, 15) is 5.48 Å². The van der Waals surface area contributed by atoms with Gasteiger partial charge in [-0.05, 0) is 106 Å². The Kier molecular flexibility index (Phi) is 4.64. The van der Waals surface area contributed by atoms with Crippen molar-refractivity contribution in [1.82, 2.24) is 0 Å². The smallest absolute Gasteiger partial charge is 0.136 e. The molecule has 1 aliphatic carbocycles. The molecule has 0 unspecified atom stereocenters. The summed E-state index contributed by atoms with van der Waals surface area (Å²) in [5.74, 6) is 0. The minimum atomic E-state index is -0.422. The summed E-state index contributed by atoms with van der Waals surface area (Å²) in [5, 5.41) is 5.06. The van der Waals surface area contributed by atoms with E-state index in [0.717, 1.165) is 66.1 Å². The van der Waals surface area contributed by atoms with Gasteiger partial charge in [0.05, 0.1) is 11.0 Å². The number of rotatable bonds is 3. The zero-order chi connectivity index (χ0) is 41.5. The third-order valence-corrected chi connectivity index (χ3v) is 11.1. The Morgan fingerprint density at radius 2 is 1.04 bits per heavy atom. The zero-order valence-corrected chi connectivity index (χ0v) is 28.5. The third-order valence-electron chi connectivity index (χ3n) is 11.1. The van der Waals surface area contributed by atoms with E-state index in [1.807, 2.05) is 84.9 Å². The molecule has 244 valence electrons. The predicted molar refractivity (Wildman–Crippen MR) is 220 cm³/mol. The van der Waals surface area contributed by atoms with Gasteiger partial charge in [-0.1, -0.05) is 165 Å². The number of hydrogen-bond acceptors (Lipinski definition) is 1. The molecular formula is C51H34O. The Balaban J connectivity index is 1.22. The average molecular weight is 671 g/mol. The van der Waals surface area contributed by atoms with E-state index >= 15 is 0 Å². The van der Waals surface area contributed by atoms with Gasteiger partial charge >= 0.3 is 0 Å². The molecule has 10 aromatic rings. The molecule has 1 heteroatoms. The van der Waals surface area contributed by atoms with E-state index in [4.69, 9.17) is 9.90 Å². The fraction of sp³-hybridized carbons (Fsp3) is 0.0588. The van der Waals surface area contributed by atoms with E-state index < -0.39 is 29.6 Å².